The average molecular weight is 416 g/mol. The summed E-state index contributed by atoms with van der Waals surface area (Å²) in [5, 5.41) is 4.93. The van der Waals surface area contributed by atoms with E-state index in [0.717, 1.165) is 30.7 Å². The molecule has 2 N–H and O–H groups in total. The molecule has 1 amide bonds. The first-order valence-electron chi connectivity index (χ1n) is 8.12. The predicted molar refractivity (Wildman–Crippen MR) is 107 cm³/mol. The molecule has 0 bridgehead atoms. The van der Waals surface area contributed by atoms with Crippen molar-refractivity contribution in [3.8, 4) is 0 Å². The summed E-state index contributed by atoms with van der Waals surface area (Å²) < 4.78 is 27.2. The molecule has 6 nitrogen and oxygen atoms in total. The zero-order valence-corrected chi connectivity index (χ0v) is 16.8. The number of hydrogen-bond donors (Lipinski definition) is 2. The van der Waals surface area contributed by atoms with E-state index in [1.165, 1.54) is 0 Å². The molecule has 1 aliphatic rings. The number of nitrogens with zero attached hydrogens (tertiary/aromatic N) is 1. The maximum atomic E-state index is 12.6. The van der Waals surface area contributed by atoms with Gasteiger partial charge in [0.05, 0.1) is 0 Å². The number of likely N-dealkylation sites (tertiary alicyclic amines) is 1. The molecule has 0 aliphatic carbocycles. The number of carbonyl (C=O) groups excluding carboxylic acids is 1. The molecule has 0 radical (unpaired) electrons. The molecule has 9 heteroatoms. The molecule has 0 saturated carbocycles. The Kier molecular flexibility index (Phi) is 7.05. The molecule has 1 fully saturated rings. The molecular weight excluding hydrogens is 394 g/mol. The summed E-state index contributed by atoms with van der Waals surface area (Å²) in [6.45, 7) is 1.45. The summed E-state index contributed by atoms with van der Waals surface area (Å²) in [6.07, 6.45) is 2.06. The van der Waals surface area contributed by atoms with Gasteiger partial charge in [-0.1, -0.05) is 6.07 Å². The van der Waals surface area contributed by atoms with Crippen molar-refractivity contribution in [1.82, 2.24) is 10.2 Å². The van der Waals surface area contributed by atoms with Crippen LogP contribution in [0.15, 0.2) is 46.0 Å². The molecule has 0 spiro atoms. The molecule has 1 aromatic heterocycles. The lowest BCUT2D eigenvalue weighted by atomic mass is 10.0. The zero-order valence-electron chi connectivity index (χ0n) is 14.3. The molecule has 26 heavy (non-hydrogen) atoms. The van der Waals surface area contributed by atoms with E-state index in [-0.39, 0.29) is 22.5 Å². The summed E-state index contributed by atoms with van der Waals surface area (Å²) in [5.41, 5.74) is 1.01. The van der Waals surface area contributed by atoms with Gasteiger partial charge >= 0.3 is 0 Å². The van der Waals surface area contributed by atoms with Crippen LogP contribution in [0.1, 0.15) is 23.2 Å². The van der Waals surface area contributed by atoms with Gasteiger partial charge in [0.2, 0.25) is 0 Å². The fourth-order valence-corrected chi connectivity index (χ4v) is 4.93. The standard InChI is InChI=1S/C17H21N3O3S2.ClH/c1-18-15-4-2-10-20(12-15)17(21)13-6-8-14(9-7-13)19-25(22,23)16-5-3-11-24-16;/h3,5-9,11,15,18-19H,2,4,10,12H2,1H3;1H. The van der Waals surface area contributed by atoms with E-state index in [4.69, 9.17) is 0 Å². The highest BCUT2D eigenvalue weighted by molar-refractivity contribution is 7.94. The minimum Gasteiger partial charge on any atom is -0.337 e. The van der Waals surface area contributed by atoms with Crippen LogP contribution in [0.4, 0.5) is 5.69 Å². The highest BCUT2D eigenvalue weighted by atomic mass is 35.5. The molecule has 2 aromatic rings. The van der Waals surface area contributed by atoms with Gasteiger partial charge in [0.15, 0.2) is 0 Å². The van der Waals surface area contributed by atoms with Crippen LogP contribution < -0.4 is 10.0 Å². The van der Waals surface area contributed by atoms with Crippen molar-refractivity contribution in [2.24, 2.45) is 0 Å². The van der Waals surface area contributed by atoms with Crippen molar-refractivity contribution < 1.29 is 13.2 Å². The normalized spacial score (nSPS) is 17.4. The predicted octanol–water partition coefficient (Wildman–Crippen LogP) is 2.79. The number of rotatable bonds is 5. The van der Waals surface area contributed by atoms with E-state index in [0.29, 0.717) is 23.8 Å². The number of hydrogen-bond acceptors (Lipinski definition) is 5. The third-order valence-corrected chi connectivity index (χ3v) is 7.04. The lowest BCUT2D eigenvalue weighted by molar-refractivity contribution is 0.0698. The fraction of sp³-hybridized carbons (Fsp3) is 0.353. The second-order valence-corrected chi connectivity index (χ2v) is 8.85. The number of likely N-dealkylation sites (N-methyl/N-ethyl adjacent to an activating group) is 1. The number of amides is 1. The molecule has 1 atom stereocenters. The van der Waals surface area contributed by atoms with Gasteiger partial charge in [-0.3, -0.25) is 9.52 Å². The summed E-state index contributed by atoms with van der Waals surface area (Å²) in [5.74, 6) is -0.0207. The van der Waals surface area contributed by atoms with Gasteiger partial charge in [-0.05, 0) is 55.6 Å². The van der Waals surface area contributed by atoms with E-state index in [1.807, 2.05) is 11.9 Å². The first-order valence-corrected chi connectivity index (χ1v) is 10.5. The molecule has 1 unspecified atom stereocenters. The summed E-state index contributed by atoms with van der Waals surface area (Å²) in [4.78, 5) is 14.4. The van der Waals surface area contributed by atoms with E-state index in [9.17, 15) is 13.2 Å². The number of thiophene rings is 1. The lowest BCUT2D eigenvalue weighted by Gasteiger charge is -2.32. The zero-order chi connectivity index (χ0) is 17.9. The van der Waals surface area contributed by atoms with Gasteiger partial charge < -0.3 is 10.2 Å². The molecule has 1 saturated heterocycles. The van der Waals surface area contributed by atoms with Crippen LogP contribution >= 0.6 is 23.7 Å². The van der Waals surface area contributed by atoms with Crippen molar-refractivity contribution in [1.29, 1.82) is 0 Å². The summed E-state index contributed by atoms with van der Waals surface area (Å²) in [6, 6.07) is 10.2. The number of piperidine rings is 1. The van der Waals surface area contributed by atoms with Gasteiger partial charge in [0.1, 0.15) is 4.21 Å². The van der Waals surface area contributed by atoms with E-state index in [1.54, 1.807) is 41.8 Å². The Hall–Kier alpha value is -1.61. The van der Waals surface area contributed by atoms with Crippen LogP contribution in [-0.2, 0) is 10.0 Å². The molecule has 142 valence electrons. The van der Waals surface area contributed by atoms with Crippen LogP contribution in [0.5, 0.6) is 0 Å². The average Bonchev–Trinajstić information content (AvgIpc) is 3.17. The largest absolute Gasteiger partial charge is 0.337 e. The second-order valence-electron chi connectivity index (χ2n) is 5.99. The van der Waals surface area contributed by atoms with Crippen LogP contribution in [0, 0.1) is 0 Å². The minimum atomic E-state index is -3.57. The Morgan fingerprint density at radius 2 is 1.96 bits per heavy atom. The number of anilines is 1. The summed E-state index contributed by atoms with van der Waals surface area (Å²) in [7, 11) is -1.66. The Labute approximate surface area is 164 Å². The molecule has 2 heterocycles. The smallest absolute Gasteiger partial charge is 0.271 e. The second kappa shape index (κ2) is 8.85. The van der Waals surface area contributed by atoms with Gasteiger partial charge in [-0.2, -0.15) is 0 Å². The van der Waals surface area contributed by atoms with Crippen LogP contribution in [0.2, 0.25) is 0 Å². The molecular formula is C17H22ClN3O3S2. The fourth-order valence-electron chi connectivity index (χ4n) is 2.88. The maximum Gasteiger partial charge on any atom is 0.271 e. The number of benzene rings is 1. The first-order chi connectivity index (χ1) is 12.0. The van der Waals surface area contributed by atoms with Crippen LogP contribution in [0.25, 0.3) is 0 Å². The first kappa shape index (κ1) is 20.7. The Morgan fingerprint density at radius 3 is 2.58 bits per heavy atom. The van der Waals surface area contributed by atoms with Gasteiger partial charge in [-0.25, -0.2) is 8.42 Å². The van der Waals surface area contributed by atoms with Gasteiger partial charge in [0, 0.05) is 30.4 Å². The Balaban J connectivity index is 0.00000243. The monoisotopic (exact) mass is 415 g/mol. The summed E-state index contributed by atoms with van der Waals surface area (Å²) >= 11 is 1.16. The molecule has 3 rings (SSSR count). The van der Waals surface area contributed by atoms with Gasteiger partial charge in [-0.15, -0.1) is 23.7 Å². The van der Waals surface area contributed by atoms with Crippen LogP contribution in [-0.4, -0.2) is 45.4 Å². The SMILES string of the molecule is CNC1CCCN(C(=O)c2ccc(NS(=O)(=O)c3cccs3)cc2)C1.Cl. The quantitative estimate of drug-likeness (QED) is 0.787. The number of sulfonamides is 1. The maximum absolute atomic E-state index is 12.6. The van der Waals surface area contributed by atoms with Crippen molar-refractivity contribution in [2.75, 3.05) is 24.9 Å². The Morgan fingerprint density at radius 1 is 1.23 bits per heavy atom. The third-order valence-electron chi connectivity index (χ3n) is 4.26. The lowest BCUT2D eigenvalue weighted by Crippen LogP contribution is -2.46. The van der Waals surface area contributed by atoms with E-state index < -0.39 is 10.0 Å². The minimum absolute atomic E-state index is 0. The molecule has 1 aromatic carbocycles. The number of halogens is 1. The Bertz CT molecular complexity index is 823. The van der Waals surface area contributed by atoms with E-state index in [2.05, 4.69) is 10.0 Å². The topological polar surface area (TPSA) is 78.5 Å². The van der Waals surface area contributed by atoms with Crippen molar-refractivity contribution in [2.45, 2.75) is 23.1 Å². The van der Waals surface area contributed by atoms with E-state index >= 15 is 0 Å². The van der Waals surface area contributed by atoms with Gasteiger partial charge in [0.25, 0.3) is 15.9 Å². The third kappa shape index (κ3) is 4.76. The van der Waals surface area contributed by atoms with Crippen molar-refractivity contribution in [3.63, 3.8) is 0 Å². The van der Waals surface area contributed by atoms with Crippen molar-refractivity contribution in [3.05, 3.63) is 47.3 Å². The molecule has 1 aliphatic heterocycles. The van der Waals surface area contributed by atoms with Crippen LogP contribution in [0.3, 0.4) is 0 Å². The number of nitrogens with one attached hydrogen (secondary N) is 2. The number of carbonyl (C=O) groups is 1. The van der Waals surface area contributed by atoms with Crippen molar-refractivity contribution >= 4 is 45.4 Å². The highest BCUT2D eigenvalue weighted by Crippen LogP contribution is 2.21. The highest BCUT2D eigenvalue weighted by Gasteiger charge is 2.23.